The van der Waals surface area contributed by atoms with Crippen LogP contribution >= 0.6 is 11.9 Å². The van der Waals surface area contributed by atoms with E-state index >= 15 is 0 Å². The standard InChI is InChI=1S/C7H13N4S/c1-6-10(2)7(5-8)9-11(6,3)12-4/h6H,1-4H3/q+1. The van der Waals surface area contributed by atoms with Gasteiger partial charge < -0.3 is 0 Å². The summed E-state index contributed by atoms with van der Waals surface area (Å²) in [5.41, 5.74) is 0. The van der Waals surface area contributed by atoms with Crippen LogP contribution in [0, 0.1) is 11.3 Å². The quantitative estimate of drug-likeness (QED) is 0.449. The molecular formula is C7H13N4S+. The van der Waals surface area contributed by atoms with E-state index < -0.39 is 0 Å². The van der Waals surface area contributed by atoms with Crippen molar-refractivity contribution >= 4 is 17.8 Å². The summed E-state index contributed by atoms with van der Waals surface area (Å²) in [6.07, 6.45) is 2.23. The molecule has 0 aromatic rings. The van der Waals surface area contributed by atoms with Crippen molar-refractivity contribution in [3.8, 4) is 6.07 Å². The molecule has 0 N–H and O–H groups in total. The maximum atomic E-state index is 8.74. The summed E-state index contributed by atoms with van der Waals surface area (Å²) in [6.45, 7) is 2.06. The first-order valence-electron chi connectivity index (χ1n) is 3.70. The van der Waals surface area contributed by atoms with E-state index in [-0.39, 0.29) is 6.17 Å². The summed E-state index contributed by atoms with van der Waals surface area (Å²) in [7, 11) is 3.89. The Kier molecular flexibility index (Phi) is 2.31. The molecule has 4 nitrogen and oxygen atoms in total. The number of rotatable bonds is 1. The predicted molar refractivity (Wildman–Crippen MR) is 50.0 cm³/mol. The molecule has 2 unspecified atom stereocenters. The van der Waals surface area contributed by atoms with Crippen molar-refractivity contribution in [3.63, 3.8) is 0 Å². The number of amidine groups is 1. The molecule has 0 amide bonds. The number of hydrogen-bond acceptors (Lipinski definition) is 4. The molecule has 0 saturated heterocycles. The van der Waals surface area contributed by atoms with Crippen molar-refractivity contribution in [1.82, 2.24) is 4.90 Å². The first-order chi connectivity index (χ1) is 5.55. The maximum Gasteiger partial charge on any atom is 0.268 e. The van der Waals surface area contributed by atoms with Crippen LogP contribution in [0.2, 0.25) is 0 Å². The average Bonchev–Trinajstić information content (AvgIpc) is 2.31. The number of hydrogen-bond donors (Lipinski definition) is 0. The molecule has 5 heteroatoms. The van der Waals surface area contributed by atoms with Gasteiger partial charge in [-0.25, -0.2) is 0 Å². The Hall–Kier alpha value is -0.730. The predicted octanol–water partition coefficient (Wildman–Crippen LogP) is 0.839. The van der Waals surface area contributed by atoms with Crippen LogP contribution in [0.5, 0.6) is 0 Å². The Balaban J connectivity index is 2.98. The minimum atomic E-state index is 0.231. The van der Waals surface area contributed by atoms with Crippen LogP contribution in [-0.2, 0) is 0 Å². The maximum absolute atomic E-state index is 8.74. The second kappa shape index (κ2) is 2.96. The fourth-order valence-corrected chi connectivity index (χ4v) is 1.74. The highest BCUT2D eigenvalue weighted by molar-refractivity contribution is 7.93. The van der Waals surface area contributed by atoms with Gasteiger partial charge in [-0.2, -0.15) is 5.26 Å². The summed E-state index contributed by atoms with van der Waals surface area (Å²) in [6, 6.07) is 2.08. The van der Waals surface area contributed by atoms with E-state index in [9.17, 15) is 0 Å². The number of quaternary nitrogens is 1. The number of nitrogens with zero attached hydrogens (tertiary/aromatic N) is 4. The molecule has 12 heavy (non-hydrogen) atoms. The van der Waals surface area contributed by atoms with Gasteiger partial charge in [-0.1, -0.05) is 0 Å². The molecule has 0 spiro atoms. The zero-order chi connectivity index (χ0) is 9.35. The Labute approximate surface area is 77.2 Å². The minimum absolute atomic E-state index is 0.231. The van der Waals surface area contributed by atoms with Gasteiger partial charge in [0.05, 0.1) is 0 Å². The van der Waals surface area contributed by atoms with Crippen LogP contribution in [0.3, 0.4) is 0 Å². The van der Waals surface area contributed by atoms with E-state index in [1.54, 1.807) is 11.9 Å². The van der Waals surface area contributed by atoms with Gasteiger partial charge in [-0.15, -0.1) is 4.00 Å². The zero-order valence-corrected chi connectivity index (χ0v) is 8.59. The van der Waals surface area contributed by atoms with Crippen LogP contribution in [0.4, 0.5) is 0 Å². The third-order valence-electron chi connectivity index (χ3n) is 2.35. The van der Waals surface area contributed by atoms with Crippen LogP contribution < -0.4 is 0 Å². The molecule has 1 aliphatic rings. The molecule has 0 aromatic heterocycles. The van der Waals surface area contributed by atoms with Crippen molar-refractivity contribution in [2.45, 2.75) is 13.1 Å². The normalized spacial score (nSPS) is 34.8. The molecule has 0 aromatic carbocycles. The molecule has 1 heterocycles. The molecule has 2 atom stereocenters. The molecule has 0 radical (unpaired) electrons. The van der Waals surface area contributed by atoms with Gasteiger partial charge in [0.2, 0.25) is 0 Å². The van der Waals surface area contributed by atoms with E-state index in [4.69, 9.17) is 5.26 Å². The summed E-state index contributed by atoms with van der Waals surface area (Å²) in [4.78, 5) is 1.90. The van der Waals surface area contributed by atoms with Crippen LogP contribution in [-0.4, -0.2) is 41.2 Å². The molecule has 0 fully saturated rings. The van der Waals surface area contributed by atoms with Gasteiger partial charge in [-0.05, 0) is 5.10 Å². The summed E-state index contributed by atoms with van der Waals surface area (Å²) < 4.78 is 0.499. The summed E-state index contributed by atoms with van der Waals surface area (Å²) in [5, 5.41) is 13.0. The first-order valence-corrected chi connectivity index (χ1v) is 4.88. The van der Waals surface area contributed by atoms with Gasteiger partial charge in [0, 0.05) is 20.2 Å². The van der Waals surface area contributed by atoms with Crippen LogP contribution in [0.1, 0.15) is 6.92 Å². The Morgan fingerprint density at radius 2 is 2.33 bits per heavy atom. The summed E-state index contributed by atoms with van der Waals surface area (Å²) in [5.74, 6) is 0.513. The lowest BCUT2D eigenvalue weighted by molar-refractivity contribution is -0.808. The first kappa shape index (κ1) is 9.36. The smallest absolute Gasteiger partial charge is 0.268 e. The van der Waals surface area contributed by atoms with Crippen molar-refractivity contribution in [2.75, 3.05) is 20.4 Å². The largest absolute Gasteiger partial charge is 0.294 e. The minimum Gasteiger partial charge on any atom is -0.294 e. The van der Waals surface area contributed by atoms with E-state index in [1.807, 2.05) is 25.3 Å². The van der Waals surface area contributed by atoms with Gasteiger partial charge >= 0.3 is 0 Å². The fraction of sp³-hybridized carbons (Fsp3) is 0.714. The fourth-order valence-electron chi connectivity index (χ4n) is 1.14. The Morgan fingerprint density at radius 3 is 2.58 bits per heavy atom. The zero-order valence-electron chi connectivity index (χ0n) is 7.77. The second-order valence-electron chi connectivity index (χ2n) is 2.90. The third-order valence-corrected chi connectivity index (χ3v) is 3.48. The van der Waals surface area contributed by atoms with Crippen molar-refractivity contribution in [1.29, 1.82) is 5.26 Å². The van der Waals surface area contributed by atoms with Gasteiger partial charge in [-0.3, -0.25) is 4.90 Å². The van der Waals surface area contributed by atoms with Crippen molar-refractivity contribution in [3.05, 3.63) is 0 Å². The number of nitriles is 1. The highest BCUT2D eigenvalue weighted by Gasteiger charge is 2.42. The third kappa shape index (κ3) is 1.17. The van der Waals surface area contributed by atoms with Crippen LogP contribution in [0.25, 0.3) is 0 Å². The molecule has 1 aliphatic heterocycles. The van der Waals surface area contributed by atoms with Crippen molar-refractivity contribution < 1.29 is 4.00 Å². The van der Waals surface area contributed by atoms with Gasteiger partial charge in [0.15, 0.2) is 6.17 Å². The molecule has 0 saturated carbocycles. The van der Waals surface area contributed by atoms with Crippen LogP contribution in [0.15, 0.2) is 5.10 Å². The van der Waals surface area contributed by atoms with E-state index in [2.05, 4.69) is 18.1 Å². The second-order valence-corrected chi connectivity index (χ2v) is 4.01. The highest BCUT2D eigenvalue weighted by atomic mass is 32.2. The van der Waals surface area contributed by atoms with E-state index in [1.165, 1.54) is 0 Å². The monoisotopic (exact) mass is 185 g/mol. The van der Waals surface area contributed by atoms with Crippen molar-refractivity contribution in [2.24, 2.45) is 5.10 Å². The SMILES string of the molecule is CS[N+]1(C)N=C(C#N)N(C)C1C. The lowest BCUT2D eigenvalue weighted by Gasteiger charge is -2.26. The molecule has 1 rings (SSSR count). The molecule has 0 aliphatic carbocycles. The van der Waals surface area contributed by atoms with Gasteiger partial charge in [0.25, 0.3) is 5.84 Å². The van der Waals surface area contributed by atoms with E-state index in [0.717, 1.165) is 0 Å². The average molecular weight is 185 g/mol. The molecule has 0 bridgehead atoms. The summed E-state index contributed by atoms with van der Waals surface area (Å²) >= 11 is 1.62. The Morgan fingerprint density at radius 1 is 1.75 bits per heavy atom. The highest BCUT2D eigenvalue weighted by Crippen LogP contribution is 2.29. The molecular weight excluding hydrogens is 172 g/mol. The topological polar surface area (TPSA) is 39.4 Å². The Bertz CT molecular complexity index is 257. The molecule has 66 valence electrons. The van der Waals surface area contributed by atoms with Gasteiger partial charge in [0.1, 0.15) is 25.1 Å². The van der Waals surface area contributed by atoms with E-state index in [0.29, 0.717) is 9.83 Å². The lowest BCUT2D eigenvalue weighted by atomic mass is 10.5. The lowest BCUT2D eigenvalue weighted by Crippen LogP contribution is -2.43.